The lowest BCUT2D eigenvalue weighted by Crippen LogP contribution is -2.52. The molecule has 1 fully saturated rings. The van der Waals surface area contributed by atoms with Crippen molar-refractivity contribution >= 4 is 16.8 Å². The highest BCUT2D eigenvalue weighted by atomic mass is 19.1. The highest BCUT2D eigenvalue weighted by Gasteiger charge is 2.35. The molecule has 1 aliphatic carbocycles. The largest absolute Gasteiger partial charge is 0.489 e. The minimum Gasteiger partial charge on any atom is -0.489 e. The van der Waals surface area contributed by atoms with Crippen LogP contribution in [0, 0.1) is 11.6 Å². The van der Waals surface area contributed by atoms with Crippen molar-refractivity contribution in [2.24, 2.45) is 5.73 Å². The quantitative estimate of drug-likeness (QED) is 0.535. The third-order valence-electron chi connectivity index (χ3n) is 7.38. The Bertz CT molecular complexity index is 1190. The van der Waals surface area contributed by atoms with Gasteiger partial charge < -0.3 is 15.5 Å². The van der Waals surface area contributed by atoms with Crippen LogP contribution in [0.1, 0.15) is 60.0 Å². The third kappa shape index (κ3) is 4.10. The van der Waals surface area contributed by atoms with Crippen LogP contribution in [0.2, 0.25) is 0 Å². The minimum absolute atomic E-state index is 0.0512. The van der Waals surface area contributed by atoms with Gasteiger partial charge in [-0.15, -0.1) is 0 Å². The lowest BCUT2D eigenvalue weighted by Gasteiger charge is -2.44. The van der Waals surface area contributed by atoms with Crippen LogP contribution in [0.5, 0.6) is 5.75 Å². The first-order chi connectivity index (χ1) is 15.9. The summed E-state index contributed by atoms with van der Waals surface area (Å²) >= 11 is 0. The Morgan fingerprint density at radius 3 is 2.79 bits per heavy atom. The zero-order chi connectivity index (χ0) is 23.1. The number of carbonyl (C=O) groups is 1. The van der Waals surface area contributed by atoms with Gasteiger partial charge in [0.1, 0.15) is 12.4 Å². The number of rotatable bonds is 7. The lowest BCUT2D eigenvalue weighted by molar-refractivity contribution is 0.0409. The zero-order valence-electron chi connectivity index (χ0n) is 18.7. The summed E-state index contributed by atoms with van der Waals surface area (Å²) in [6.07, 6.45) is 6.86. The molecule has 174 valence electrons. The molecule has 0 bridgehead atoms. The van der Waals surface area contributed by atoms with Crippen molar-refractivity contribution in [2.45, 2.75) is 57.0 Å². The molecule has 5 rings (SSSR count). The predicted octanol–water partition coefficient (Wildman–Crippen LogP) is 4.90. The van der Waals surface area contributed by atoms with Gasteiger partial charge in [-0.05, 0) is 74.0 Å². The summed E-state index contributed by atoms with van der Waals surface area (Å²) in [6.45, 7) is 3.40. The van der Waals surface area contributed by atoms with Gasteiger partial charge in [0, 0.05) is 40.3 Å². The maximum atomic E-state index is 14.3. The van der Waals surface area contributed by atoms with Crippen molar-refractivity contribution in [2.75, 3.05) is 13.2 Å². The number of benzene rings is 2. The second-order valence-electron chi connectivity index (χ2n) is 9.38. The lowest BCUT2D eigenvalue weighted by atomic mass is 9.87. The number of hydrogen-bond donors (Lipinski definition) is 2. The number of aromatic amines is 1. The van der Waals surface area contributed by atoms with E-state index in [1.54, 1.807) is 12.1 Å². The summed E-state index contributed by atoms with van der Waals surface area (Å²) in [5.41, 5.74) is 8.51. The van der Waals surface area contributed by atoms with Crippen LogP contribution in [0.15, 0.2) is 36.5 Å². The molecule has 0 saturated heterocycles. The molecule has 2 aliphatic rings. The third-order valence-corrected chi connectivity index (χ3v) is 7.38. The van der Waals surface area contributed by atoms with Crippen LogP contribution in [0.3, 0.4) is 0 Å². The fraction of sp³-hybridized carbons (Fsp3) is 0.423. The second-order valence-corrected chi connectivity index (χ2v) is 9.38. The van der Waals surface area contributed by atoms with Crippen molar-refractivity contribution in [3.05, 3.63) is 64.9 Å². The number of amides is 1. The number of primary amides is 1. The van der Waals surface area contributed by atoms with Crippen LogP contribution in [-0.4, -0.2) is 41.0 Å². The van der Waals surface area contributed by atoms with Crippen molar-refractivity contribution in [1.82, 2.24) is 9.88 Å². The van der Waals surface area contributed by atoms with Gasteiger partial charge in [-0.3, -0.25) is 9.69 Å². The molecule has 33 heavy (non-hydrogen) atoms. The Hall–Kier alpha value is -2.93. The molecule has 1 aromatic heterocycles. The summed E-state index contributed by atoms with van der Waals surface area (Å²) in [5.74, 6) is -0.860. The van der Waals surface area contributed by atoms with Gasteiger partial charge in [0.15, 0.2) is 11.6 Å². The zero-order valence-corrected chi connectivity index (χ0v) is 18.7. The van der Waals surface area contributed by atoms with Gasteiger partial charge in [-0.2, -0.15) is 0 Å². The average Bonchev–Trinajstić information content (AvgIpc) is 3.18. The summed E-state index contributed by atoms with van der Waals surface area (Å²) in [5, 5.41) is 0.925. The molecular formula is C26H29F2N3O2. The van der Waals surface area contributed by atoms with E-state index in [1.165, 1.54) is 24.6 Å². The van der Waals surface area contributed by atoms with E-state index in [9.17, 15) is 13.6 Å². The number of halogens is 2. The normalized spacial score (nSPS) is 19.2. The Morgan fingerprint density at radius 1 is 1.24 bits per heavy atom. The number of nitrogens with one attached hydrogen (secondary N) is 1. The summed E-state index contributed by atoms with van der Waals surface area (Å²) < 4.78 is 34.0. The molecule has 1 saturated carbocycles. The molecule has 5 nitrogen and oxygen atoms in total. The number of ether oxygens (including phenoxy) is 1. The molecule has 0 radical (unpaired) electrons. The van der Waals surface area contributed by atoms with Gasteiger partial charge in [-0.1, -0.05) is 13.3 Å². The maximum Gasteiger partial charge on any atom is 0.249 e. The van der Waals surface area contributed by atoms with Crippen molar-refractivity contribution < 1.29 is 18.3 Å². The van der Waals surface area contributed by atoms with Crippen molar-refractivity contribution in [3.8, 4) is 5.75 Å². The van der Waals surface area contributed by atoms with Gasteiger partial charge in [-0.25, -0.2) is 8.78 Å². The van der Waals surface area contributed by atoms with Gasteiger partial charge in [0.2, 0.25) is 5.91 Å². The molecule has 0 unspecified atom stereocenters. The number of H-pyrrole nitrogens is 1. The number of aromatic nitrogens is 1. The molecule has 3 aromatic rings. The van der Waals surface area contributed by atoms with E-state index in [4.69, 9.17) is 10.5 Å². The first kappa shape index (κ1) is 21.9. The first-order valence-electron chi connectivity index (χ1n) is 11.7. The Labute approximate surface area is 191 Å². The summed E-state index contributed by atoms with van der Waals surface area (Å²) in [6, 6.07) is 8.04. The second kappa shape index (κ2) is 8.78. The van der Waals surface area contributed by atoms with E-state index in [0.29, 0.717) is 30.2 Å². The van der Waals surface area contributed by atoms with Crippen LogP contribution in [0.4, 0.5) is 8.78 Å². The maximum absolute atomic E-state index is 14.3. The fourth-order valence-corrected chi connectivity index (χ4v) is 5.28. The molecule has 1 amide bonds. The molecule has 2 aromatic carbocycles. The smallest absolute Gasteiger partial charge is 0.249 e. The monoisotopic (exact) mass is 453 g/mol. The number of fused-ring (bicyclic) bond motifs is 2. The highest BCUT2D eigenvalue weighted by molar-refractivity contribution is 5.95. The van der Waals surface area contributed by atoms with Gasteiger partial charge in [0.25, 0.3) is 0 Å². The highest BCUT2D eigenvalue weighted by Crippen LogP contribution is 2.36. The van der Waals surface area contributed by atoms with Crippen molar-refractivity contribution in [1.29, 1.82) is 0 Å². The van der Waals surface area contributed by atoms with Crippen molar-refractivity contribution in [3.63, 3.8) is 0 Å². The van der Waals surface area contributed by atoms with E-state index in [2.05, 4.69) is 16.8 Å². The molecule has 2 heterocycles. The summed E-state index contributed by atoms with van der Waals surface area (Å²) in [7, 11) is 0. The Morgan fingerprint density at radius 2 is 2.06 bits per heavy atom. The molecule has 0 spiro atoms. The van der Waals surface area contributed by atoms with E-state index in [0.717, 1.165) is 42.3 Å². The molecule has 1 aliphatic heterocycles. The number of hydrogen-bond acceptors (Lipinski definition) is 3. The first-order valence-corrected chi connectivity index (χ1v) is 11.7. The van der Waals surface area contributed by atoms with Gasteiger partial charge >= 0.3 is 0 Å². The van der Waals surface area contributed by atoms with Crippen LogP contribution in [0.25, 0.3) is 10.9 Å². The minimum atomic E-state index is -0.564. The Kier molecular flexibility index (Phi) is 5.83. The van der Waals surface area contributed by atoms with Crippen LogP contribution < -0.4 is 10.5 Å². The van der Waals surface area contributed by atoms with E-state index in [1.807, 2.05) is 6.20 Å². The fourth-order valence-electron chi connectivity index (χ4n) is 5.28. The number of carbonyl (C=O) groups excluding carboxylic acids is 1. The van der Waals surface area contributed by atoms with E-state index >= 15 is 0 Å². The van der Waals surface area contributed by atoms with Crippen LogP contribution >= 0.6 is 0 Å². The SMILES string of the molecule is C[C@H](CCN(C1CCC1)[C@@H]1COc2c(F)ccc(C(N)=O)c2C1)c1c[nH]c2ccc(F)cc12. The summed E-state index contributed by atoms with van der Waals surface area (Å²) in [4.78, 5) is 17.7. The van der Waals surface area contributed by atoms with Crippen LogP contribution in [-0.2, 0) is 6.42 Å². The van der Waals surface area contributed by atoms with E-state index in [-0.39, 0.29) is 23.5 Å². The number of nitrogens with two attached hydrogens (primary N) is 1. The topological polar surface area (TPSA) is 71.3 Å². The molecular weight excluding hydrogens is 424 g/mol. The standard InChI is InChI=1S/C26H29F2N3O2/c1-15(22-13-30-24-8-5-16(27)11-20(22)24)9-10-31(17-3-2-4-17)18-12-21-19(26(29)32)6-7-23(28)25(21)33-14-18/h5-8,11,13,15,17-18,30H,2-4,9-10,12,14H2,1H3,(H2,29,32)/t15-,18+/m1/s1. The molecule has 2 atom stereocenters. The predicted molar refractivity (Wildman–Crippen MR) is 124 cm³/mol. The molecule has 7 heteroatoms. The number of nitrogens with zero attached hydrogens (tertiary/aromatic N) is 1. The van der Waals surface area contributed by atoms with E-state index < -0.39 is 11.7 Å². The van der Waals surface area contributed by atoms with Gasteiger partial charge in [0.05, 0.1) is 0 Å². The average molecular weight is 454 g/mol. The Balaban J connectivity index is 1.35. The molecule has 3 N–H and O–H groups in total.